The van der Waals surface area contributed by atoms with Gasteiger partial charge in [-0.05, 0) is 43.9 Å². The number of nitrogens with zero attached hydrogens (tertiary/aromatic N) is 1. The van der Waals surface area contributed by atoms with E-state index in [1.54, 1.807) is 0 Å². The molecule has 2 saturated carbocycles. The van der Waals surface area contributed by atoms with Gasteiger partial charge in [0.15, 0.2) is 0 Å². The minimum Gasteiger partial charge on any atom is -0.481 e. The molecule has 0 aromatic heterocycles. The van der Waals surface area contributed by atoms with Crippen LogP contribution in [0.2, 0.25) is 0 Å². The predicted octanol–water partition coefficient (Wildman–Crippen LogP) is 2.27. The third-order valence-corrected chi connectivity index (χ3v) is 5.35. The van der Waals surface area contributed by atoms with Gasteiger partial charge < -0.3 is 9.84 Å². The maximum atomic E-state index is 10.9. The summed E-state index contributed by atoms with van der Waals surface area (Å²) in [5.41, 5.74) is 0.430. The molecule has 4 heteroatoms. The largest absolute Gasteiger partial charge is 0.481 e. The van der Waals surface area contributed by atoms with Crippen LogP contribution in [0.4, 0.5) is 0 Å². The van der Waals surface area contributed by atoms with E-state index in [2.05, 4.69) is 4.90 Å². The Kier molecular flexibility index (Phi) is 3.81. The molecule has 0 aromatic rings. The van der Waals surface area contributed by atoms with Crippen LogP contribution in [0.3, 0.4) is 0 Å². The maximum absolute atomic E-state index is 10.9. The Morgan fingerprint density at radius 3 is 2.58 bits per heavy atom. The van der Waals surface area contributed by atoms with Gasteiger partial charge >= 0.3 is 5.97 Å². The number of carboxylic acids is 1. The van der Waals surface area contributed by atoms with E-state index in [4.69, 9.17) is 9.84 Å². The van der Waals surface area contributed by atoms with Crippen molar-refractivity contribution >= 4 is 5.97 Å². The second-order valence-corrected chi connectivity index (χ2v) is 6.50. The van der Waals surface area contributed by atoms with Crippen LogP contribution in [0.25, 0.3) is 0 Å². The second-order valence-electron chi connectivity index (χ2n) is 6.50. The van der Waals surface area contributed by atoms with Crippen LogP contribution in [-0.4, -0.2) is 47.8 Å². The van der Waals surface area contributed by atoms with E-state index < -0.39 is 5.97 Å². The van der Waals surface area contributed by atoms with E-state index in [-0.39, 0.29) is 0 Å². The summed E-state index contributed by atoms with van der Waals surface area (Å²) in [7, 11) is 0. The van der Waals surface area contributed by atoms with Gasteiger partial charge in [0, 0.05) is 31.8 Å². The fraction of sp³-hybridized carbons (Fsp3) is 0.933. The fourth-order valence-corrected chi connectivity index (χ4v) is 4.22. The van der Waals surface area contributed by atoms with Crippen molar-refractivity contribution in [3.8, 4) is 0 Å². The summed E-state index contributed by atoms with van der Waals surface area (Å²) in [5, 5.41) is 8.96. The molecule has 1 atom stereocenters. The number of hydrogen-bond donors (Lipinski definition) is 1. The van der Waals surface area contributed by atoms with Crippen molar-refractivity contribution in [1.82, 2.24) is 4.90 Å². The summed E-state index contributed by atoms with van der Waals surface area (Å²) in [6.07, 6.45) is 9.06. The topological polar surface area (TPSA) is 49.8 Å². The van der Waals surface area contributed by atoms with Gasteiger partial charge in [0.05, 0.1) is 6.42 Å². The summed E-state index contributed by atoms with van der Waals surface area (Å²) in [4.78, 5) is 13.4. The lowest BCUT2D eigenvalue weighted by Gasteiger charge is -2.44. The standard InChI is InChI=1S/C15H25NO3/c17-14(18)5-9-16(12-3-4-12)13-2-1-6-15(13)7-10-19-11-8-15/h12-13H,1-11H2,(H,17,18). The average Bonchev–Trinajstić information content (AvgIpc) is 3.16. The third kappa shape index (κ3) is 2.79. The van der Waals surface area contributed by atoms with E-state index in [1.807, 2.05) is 0 Å². The lowest BCUT2D eigenvalue weighted by atomic mass is 9.75. The zero-order valence-corrected chi connectivity index (χ0v) is 11.6. The van der Waals surface area contributed by atoms with Crippen molar-refractivity contribution in [2.45, 2.75) is 63.5 Å². The normalized spacial score (nSPS) is 30.1. The van der Waals surface area contributed by atoms with E-state index >= 15 is 0 Å². The molecular formula is C15H25NO3. The molecule has 3 rings (SSSR count). The molecule has 4 nitrogen and oxygen atoms in total. The van der Waals surface area contributed by atoms with Crippen molar-refractivity contribution in [2.75, 3.05) is 19.8 Å². The smallest absolute Gasteiger partial charge is 0.304 e. The first-order chi connectivity index (χ1) is 9.21. The van der Waals surface area contributed by atoms with Crippen LogP contribution < -0.4 is 0 Å². The van der Waals surface area contributed by atoms with E-state index in [0.717, 1.165) is 19.8 Å². The fourth-order valence-electron chi connectivity index (χ4n) is 4.22. The van der Waals surface area contributed by atoms with Gasteiger partial charge in [-0.3, -0.25) is 9.69 Å². The monoisotopic (exact) mass is 267 g/mol. The van der Waals surface area contributed by atoms with Gasteiger partial charge in [0.25, 0.3) is 0 Å². The summed E-state index contributed by atoms with van der Waals surface area (Å²) >= 11 is 0. The molecule has 1 aliphatic heterocycles. The quantitative estimate of drug-likeness (QED) is 0.830. The molecule has 2 aliphatic carbocycles. The first-order valence-corrected chi connectivity index (χ1v) is 7.77. The molecule has 0 aromatic carbocycles. The van der Waals surface area contributed by atoms with Crippen molar-refractivity contribution in [3.63, 3.8) is 0 Å². The van der Waals surface area contributed by atoms with Gasteiger partial charge in [-0.15, -0.1) is 0 Å². The van der Waals surface area contributed by atoms with Crippen molar-refractivity contribution in [2.24, 2.45) is 5.41 Å². The maximum Gasteiger partial charge on any atom is 0.304 e. The van der Waals surface area contributed by atoms with Crippen LogP contribution >= 0.6 is 0 Å². The predicted molar refractivity (Wildman–Crippen MR) is 72.1 cm³/mol. The summed E-state index contributed by atoms with van der Waals surface area (Å²) in [6, 6.07) is 1.28. The first-order valence-electron chi connectivity index (χ1n) is 7.77. The molecule has 0 radical (unpaired) electrons. The number of carboxylic acid groups (broad SMARTS) is 1. The Hall–Kier alpha value is -0.610. The van der Waals surface area contributed by atoms with Gasteiger partial charge in [0.1, 0.15) is 0 Å². The lowest BCUT2D eigenvalue weighted by molar-refractivity contribution is -0.137. The highest BCUT2D eigenvalue weighted by molar-refractivity contribution is 5.66. The molecule has 1 spiro atoms. The van der Waals surface area contributed by atoms with Crippen LogP contribution in [-0.2, 0) is 9.53 Å². The van der Waals surface area contributed by atoms with E-state index in [9.17, 15) is 4.79 Å². The molecule has 19 heavy (non-hydrogen) atoms. The highest BCUT2D eigenvalue weighted by atomic mass is 16.5. The Morgan fingerprint density at radius 1 is 1.21 bits per heavy atom. The molecule has 1 unspecified atom stereocenters. The average molecular weight is 267 g/mol. The summed E-state index contributed by atoms with van der Waals surface area (Å²) in [5.74, 6) is -0.662. The van der Waals surface area contributed by atoms with Crippen LogP contribution in [0.5, 0.6) is 0 Å². The molecule has 3 fully saturated rings. The van der Waals surface area contributed by atoms with E-state index in [1.165, 1.54) is 44.9 Å². The molecule has 3 aliphatic rings. The molecule has 0 bridgehead atoms. The van der Waals surface area contributed by atoms with Gasteiger partial charge in [-0.25, -0.2) is 0 Å². The lowest BCUT2D eigenvalue weighted by Crippen LogP contribution is -2.49. The summed E-state index contributed by atoms with van der Waals surface area (Å²) in [6.45, 7) is 2.54. The SMILES string of the molecule is O=C(O)CCN(C1CC1)C1CCCC12CCOCC2. The van der Waals surface area contributed by atoms with Gasteiger partial charge in [-0.2, -0.15) is 0 Å². The van der Waals surface area contributed by atoms with Crippen molar-refractivity contribution in [3.05, 3.63) is 0 Å². The van der Waals surface area contributed by atoms with Gasteiger partial charge in [-0.1, -0.05) is 6.42 Å². The number of ether oxygens (including phenoxy) is 1. The Balaban J connectivity index is 1.71. The number of hydrogen-bond acceptors (Lipinski definition) is 3. The van der Waals surface area contributed by atoms with Crippen molar-refractivity contribution < 1.29 is 14.6 Å². The first kappa shape index (κ1) is 13.4. The number of aliphatic carboxylic acids is 1. The summed E-state index contributed by atoms with van der Waals surface area (Å²) < 4.78 is 5.55. The highest BCUT2D eigenvalue weighted by Gasteiger charge is 2.49. The highest BCUT2D eigenvalue weighted by Crippen LogP contribution is 2.50. The molecule has 1 N–H and O–H groups in total. The minimum absolute atomic E-state index is 0.291. The molecule has 1 saturated heterocycles. The molecule has 108 valence electrons. The minimum atomic E-state index is -0.662. The second kappa shape index (κ2) is 5.41. The van der Waals surface area contributed by atoms with Crippen LogP contribution in [0.15, 0.2) is 0 Å². The zero-order chi connectivity index (χ0) is 13.3. The number of carbonyl (C=O) groups is 1. The van der Waals surface area contributed by atoms with E-state index in [0.29, 0.717) is 23.9 Å². The Morgan fingerprint density at radius 2 is 1.95 bits per heavy atom. The molecule has 1 heterocycles. The van der Waals surface area contributed by atoms with Crippen molar-refractivity contribution in [1.29, 1.82) is 0 Å². The zero-order valence-electron chi connectivity index (χ0n) is 11.6. The number of rotatable bonds is 5. The van der Waals surface area contributed by atoms with Gasteiger partial charge in [0.2, 0.25) is 0 Å². The Bertz CT molecular complexity index is 334. The van der Waals surface area contributed by atoms with Crippen LogP contribution in [0.1, 0.15) is 51.4 Å². The molecular weight excluding hydrogens is 242 g/mol. The Labute approximate surface area is 115 Å². The van der Waals surface area contributed by atoms with Crippen LogP contribution in [0, 0.1) is 5.41 Å². The third-order valence-electron chi connectivity index (χ3n) is 5.35. The molecule has 0 amide bonds.